The van der Waals surface area contributed by atoms with Crippen LogP contribution in [0.3, 0.4) is 0 Å². The van der Waals surface area contributed by atoms with E-state index in [9.17, 15) is 9.59 Å². The molecule has 3 rings (SSSR count). The lowest BCUT2D eigenvalue weighted by Crippen LogP contribution is -2.36. The molecule has 1 atom stereocenters. The van der Waals surface area contributed by atoms with Crippen molar-refractivity contribution in [2.75, 3.05) is 0 Å². The van der Waals surface area contributed by atoms with Crippen LogP contribution < -0.4 is 0 Å². The number of phenolic OH excluding ortho intramolecular Hbond substituents is 1. The molecule has 1 unspecified atom stereocenters. The highest BCUT2D eigenvalue weighted by Gasteiger charge is 2.39. The molecule has 0 saturated heterocycles. The topological polar surface area (TPSA) is 85.7 Å². The molecule has 6 heteroatoms. The first-order chi connectivity index (χ1) is 20.0. The monoisotopic (exact) mass is 593 g/mol. The van der Waals surface area contributed by atoms with Gasteiger partial charge in [-0.1, -0.05) is 45.7 Å². The molecule has 1 aliphatic carbocycles. The Bertz CT molecular complexity index is 1190. The predicted octanol–water partition coefficient (Wildman–Crippen LogP) is 9.11. The molecule has 1 heterocycles. The zero-order valence-electron chi connectivity index (χ0n) is 28.3. The van der Waals surface area contributed by atoms with Gasteiger partial charge in [0.1, 0.15) is 11.4 Å². The number of aromatic hydroxyl groups is 1. The minimum Gasteiger partial charge on any atom is -0.508 e. The highest BCUT2D eigenvalue weighted by Crippen LogP contribution is 2.35. The number of hydrogen-bond donors (Lipinski definition) is 1. The van der Waals surface area contributed by atoms with Gasteiger partial charge >= 0.3 is 11.9 Å². The van der Waals surface area contributed by atoms with Crippen molar-refractivity contribution in [1.82, 2.24) is 4.98 Å². The van der Waals surface area contributed by atoms with Crippen LogP contribution in [-0.2, 0) is 24.7 Å². The molecule has 1 aromatic carbocycles. The second-order valence-corrected chi connectivity index (χ2v) is 13.3. The van der Waals surface area contributed by atoms with Crippen LogP contribution in [0.5, 0.6) is 5.75 Å². The Morgan fingerprint density at radius 3 is 1.95 bits per heavy atom. The molecule has 1 N–H and O–H groups in total. The molecule has 43 heavy (non-hydrogen) atoms. The number of hydrogen-bond acceptors (Lipinski definition) is 6. The van der Waals surface area contributed by atoms with Gasteiger partial charge in [-0.15, -0.1) is 6.42 Å². The lowest BCUT2D eigenvalue weighted by atomic mass is 9.90. The average Bonchev–Trinajstić information content (AvgIpc) is 3.46. The second kappa shape index (κ2) is 16.5. The number of terminal acetylenes is 1. The van der Waals surface area contributed by atoms with Crippen LogP contribution in [0.25, 0.3) is 0 Å². The van der Waals surface area contributed by atoms with Gasteiger partial charge in [0, 0.05) is 12.4 Å². The van der Waals surface area contributed by atoms with Gasteiger partial charge in [-0.05, 0) is 128 Å². The largest absolute Gasteiger partial charge is 0.508 e. The van der Waals surface area contributed by atoms with Crippen LogP contribution in [0.4, 0.5) is 0 Å². The van der Waals surface area contributed by atoms with Gasteiger partial charge in [0.2, 0.25) is 0 Å². The first kappa shape index (κ1) is 37.7. The molecule has 0 radical (unpaired) electrons. The summed E-state index contributed by atoms with van der Waals surface area (Å²) in [6.45, 7) is 19.7. The molecule has 6 nitrogen and oxygen atoms in total. The van der Waals surface area contributed by atoms with Gasteiger partial charge in [-0.2, -0.15) is 0 Å². The fourth-order valence-corrected chi connectivity index (χ4v) is 4.08. The summed E-state index contributed by atoms with van der Waals surface area (Å²) in [5.41, 5.74) is 0.0764. The number of carbonyl (C=O) groups is 2. The van der Waals surface area contributed by atoms with Crippen molar-refractivity contribution in [2.24, 2.45) is 10.8 Å². The van der Waals surface area contributed by atoms with Crippen molar-refractivity contribution in [1.29, 1.82) is 0 Å². The van der Waals surface area contributed by atoms with Crippen molar-refractivity contribution < 1.29 is 24.2 Å². The maximum absolute atomic E-state index is 12.0. The molecule has 0 spiro atoms. The lowest BCUT2D eigenvalue weighted by Gasteiger charge is -2.30. The van der Waals surface area contributed by atoms with Crippen LogP contribution in [0.15, 0.2) is 48.8 Å². The quantitative estimate of drug-likeness (QED) is 0.230. The number of aromatic nitrogens is 1. The van der Waals surface area contributed by atoms with E-state index in [0.29, 0.717) is 11.7 Å². The molecule has 0 bridgehead atoms. The van der Waals surface area contributed by atoms with Gasteiger partial charge in [-0.3, -0.25) is 14.6 Å². The van der Waals surface area contributed by atoms with Crippen molar-refractivity contribution >= 4 is 11.9 Å². The minimum atomic E-state index is -0.619. The SMILES string of the molecule is C#CC1(OC(=O)C(C)(C)CC)CCCC1.CCC(C)(C)C(=O)OC(C)(C)c1ccncc1.CCC(C)c1cccc(O)c1. The maximum Gasteiger partial charge on any atom is 0.313 e. The number of phenols is 1. The van der Waals surface area contributed by atoms with Crippen molar-refractivity contribution in [3.8, 4) is 18.1 Å². The predicted molar refractivity (Wildman–Crippen MR) is 174 cm³/mol. The Morgan fingerprint density at radius 1 is 0.953 bits per heavy atom. The highest BCUT2D eigenvalue weighted by atomic mass is 16.6. The summed E-state index contributed by atoms with van der Waals surface area (Å²) in [6.07, 6.45) is 15.3. The number of esters is 2. The van der Waals surface area contributed by atoms with Gasteiger partial charge in [0.05, 0.1) is 10.8 Å². The summed E-state index contributed by atoms with van der Waals surface area (Å²) >= 11 is 0. The molecule has 1 fully saturated rings. The second-order valence-electron chi connectivity index (χ2n) is 13.3. The summed E-state index contributed by atoms with van der Waals surface area (Å²) < 4.78 is 11.1. The summed E-state index contributed by atoms with van der Waals surface area (Å²) in [6, 6.07) is 11.2. The van der Waals surface area contributed by atoms with Crippen LogP contribution in [0.2, 0.25) is 0 Å². The van der Waals surface area contributed by atoms with Gasteiger partial charge in [0.15, 0.2) is 5.60 Å². The first-order valence-electron chi connectivity index (χ1n) is 15.6. The molecule has 238 valence electrons. The molecule has 1 aromatic heterocycles. The third-order valence-corrected chi connectivity index (χ3v) is 8.61. The summed E-state index contributed by atoms with van der Waals surface area (Å²) in [4.78, 5) is 27.9. The number of benzene rings is 1. The molecular weight excluding hydrogens is 538 g/mol. The Kier molecular flexibility index (Phi) is 14.5. The third kappa shape index (κ3) is 11.7. The molecule has 0 amide bonds. The van der Waals surface area contributed by atoms with E-state index in [1.165, 1.54) is 5.56 Å². The summed E-state index contributed by atoms with van der Waals surface area (Å²) in [7, 11) is 0. The molecular formula is C37H55NO5. The van der Waals surface area contributed by atoms with E-state index >= 15 is 0 Å². The third-order valence-electron chi connectivity index (χ3n) is 8.61. The van der Waals surface area contributed by atoms with E-state index in [1.807, 2.05) is 85.7 Å². The fourth-order valence-electron chi connectivity index (χ4n) is 4.08. The van der Waals surface area contributed by atoms with E-state index in [4.69, 9.17) is 21.0 Å². The summed E-state index contributed by atoms with van der Waals surface area (Å²) in [5, 5.41) is 9.16. The van der Waals surface area contributed by atoms with Crippen molar-refractivity contribution in [3.63, 3.8) is 0 Å². The number of pyridine rings is 1. The van der Waals surface area contributed by atoms with E-state index in [2.05, 4.69) is 24.8 Å². The zero-order chi connectivity index (χ0) is 32.9. The Morgan fingerprint density at radius 2 is 1.49 bits per heavy atom. The number of ether oxygens (including phenoxy) is 2. The van der Waals surface area contributed by atoms with Gasteiger partial charge in [0.25, 0.3) is 0 Å². The molecule has 1 saturated carbocycles. The Labute approximate surface area is 261 Å². The van der Waals surface area contributed by atoms with Crippen molar-refractivity contribution in [2.45, 2.75) is 131 Å². The normalized spacial score (nSPS) is 15.0. The average molecular weight is 594 g/mol. The van der Waals surface area contributed by atoms with E-state index < -0.39 is 22.0 Å². The van der Waals surface area contributed by atoms with E-state index in [1.54, 1.807) is 18.5 Å². The van der Waals surface area contributed by atoms with Crippen LogP contribution in [0, 0.1) is 23.2 Å². The minimum absolute atomic E-state index is 0.162. The van der Waals surface area contributed by atoms with E-state index in [-0.39, 0.29) is 11.9 Å². The summed E-state index contributed by atoms with van der Waals surface area (Å²) in [5.74, 6) is 3.24. The Balaban J connectivity index is 0.000000330. The van der Waals surface area contributed by atoms with Gasteiger partial charge in [-0.25, -0.2) is 0 Å². The standard InChI is InChI=1S/C14H21NO2.C13H20O2.C10H14O/c1-6-13(2,3)12(16)17-14(4,5)11-7-9-15-10-8-11;1-5-12(3,4)11(14)15-13(6-2)9-7-8-10-13;1-3-8(2)9-5-4-6-10(11)7-9/h7-10H,6H2,1-5H3;2H,5,7-10H2,1,3-4H3;4-8,11H,3H2,1-2H3. The van der Waals surface area contributed by atoms with Crippen LogP contribution >= 0.6 is 0 Å². The lowest BCUT2D eigenvalue weighted by molar-refractivity contribution is -0.168. The number of rotatable bonds is 9. The molecule has 2 aromatic rings. The first-order valence-corrected chi connectivity index (χ1v) is 15.6. The number of carbonyl (C=O) groups excluding carboxylic acids is 2. The van der Waals surface area contributed by atoms with Crippen molar-refractivity contribution in [3.05, 3.63) is 59.9 Å². The smallest absolute Gasteiger partial charge is 0.313 e. The van der Waals surface area contributed by atoms with E-state index in [0.717, 1.165) is 50.5 Å². The zero-order valence-corrected chi connectivity index (χ0v) is 28.3. The van der Waals surface area contributed by atoms with Crippen LogP contribution in [0.1, 0.15) is 131 Å². The molecule has 0 aliphatic heterocycles. The van der Waals surface area contributed by atoms with Crippen LogP contribution in [-0.4, -0.2) is 27.6 Å². The highest BCUT2D eigenvalue weighted by molar-refractivity contribution is 5.77. The maximum atomic E-state index is 12.0. The molecule has 1 aliphatic rings. The Hall–Kier alpha value is -3.33. The fraction of sp³-hybridized carbons (Fsp3) is 0.595. The van der Waals surface area contributed by atoms with Gasteiger partial charge < -0.3 is 14.6 Å². The number of nitrogens with zero attached hydrogens (tertiary/aromatic N) is 1.